The largest absolute Gasteiger partial charge is 0.373 e. The fraction of sp³-hybridized carbons (Fsp3) is 0.211. The van der Waals surface area contributed by atoms with E-state index in [9.17, 15) is 13.5 Å². The Morgan fingerprint density at radius 1 is 1.08 bits per heavy atom. The van der Waals surface area contributed by atoms with Gasteiger partial charge in [-0.05, 0) is 23.3 Å². The van der Waals surface area contributed by atoms with Crippen LogP contribution in [0.4, 0.5) is 0 Å². The number of rotatable bonds is 6. The number of methoxy groups -OCH3 is 1. The van der Waals surface area contributed by atoms with Crippen LogP contribution >= 0.6 is 0 Å². The zero-order valence-electron chi connectivity index (χ0n) is 14.5. The lowest BCUT2D eigenvalue weighted by molar-refractivity contribution is 0.0845. The number of imidazole rings is 1. The summed E-state index contributed by atoms with van der Waals surface area (Å²) in [6.07, 6.45) is 4.46. The predicted octanol–water partition coefficient (Wildman–Crippen LogP) is 2.17. The minimum atomic E-state index is -3.32. The van der Waals surface area contributed by atoms with Gasteiger partial charge in [0.25, 0.3) is 0 Å². The molecule has 26 heavy (non-hydrogen) atoms. The van der Waals surface area contributed by atoms with Crippen molar-refractivity contribution in [2.75, 3.05) is 13.4 Å². The summed E-state index contributed by atoms with van der Waals surface area (Å²) in [5.74, 6) is 0.387. The first-order valence-electron chi connectivity index (χ1n) is 7.96. The van der Waals surface area contributed by atoms with Crippen molar-refractivity contribution in [2.45, 2.75) is 17.2 Å². The van der Waals surface area contributed by atoms with E-state index in [0.29, 0.717) is 17.0 Å². The predicted molar refractivity (Wildman–Crippen MR) is 97.3 cm³/mol. The molecule has 0 bridgehead atoms. The Labute approximate surface area is 152 Å². The molecular weight excluding hydrogens is 352 g/mol. The molecule has 136 valence electrons. The van der Waals surface area contributed by atoms with Crippen LogP contribution in [0.1, 0.15) is 17.0 Å². The number of aliphatic hydroxyl groups is 1. The molecule has 6 nitrogen and oxygen atoms in total. The molecule has 0 aliphatic carbocycles. The molecule has 0 aliphatic rings. The average Bonchev–Trinajstić information content (AvgIpc) is 3.10. The molecule has 0 radical (unpaired) electrons. The number of aromatic nitrogens is 2. The van der Waals surface area contributed by atoms with E-state index >= 15 is 0 Å². The van der Waals surface area contributed by atoms with Crippen LogP contribution in [0.25, 0.3) is 0 Å². The highest BCUT2D eigenvalue weighted by molar-refractivity contribution is 7.90. The van der Waals surface area contributed by atoms with E-state index in [2.05, 4.69) is 4.98 Å². The van der Waals surface area contributed by atoms with Crippen molar-refractivity contribution in [3.05, 3.63) is 83.9 Å². The van der Waals surface area contributed by atoms with Crippen molar-refractivity contribution in [2.24, 2.45) is 0 Å². The maximum absolute atomic E-state index is 11.7. The second-order valence-corrected chi connectivity index (χ2v) is 8.03. The van der Waals surface area contributed by atoms with Crippen molar-refractivity contribution in [1.82, 2.24) is 9.55 Å². The molecule has 0 fully saturated rings. The molecular formula is C19H20N2O4S. The minimum absolute atomic E-state index is 0.192. The van der Waals surface area contributed by atoms with E-state index in [-0.39, 0.29) is 11.6 Å². The van der Waals surface area contributed by atoms with Crippen LogP contribution in [-0.2, 0) is 26.9 Å². The molecule has 7 heteroatoms. The van der Waals surface area contributed by atoms with Gasteiger partial charge < -0.3 is 14.4 Å². The summed E-state index contributed by atoms with van der Waals surface area (Å²) in [4.78, 5) is 4.54. The molecule has 1 aromatic heterocycles. The van der Waals surface area contributed by atoms with Gasteiger partial charge in [-0.25, -0.2) is 13.4 Å². The molecule has 0 spiro atoms. The molecule has 1 atom stereocenters. The average molecular weight is 372 g/mol. The Balaban J connectivity index is 2.20. The fourth-order valence-electron chi connectivity index (χ4n) is 2.92. The number of ether oxygens (including phenoxy) is 1. The topological polar surface area (TPSA) is 81.4 Å². The first-order chi connectivity index (χ1) is 12.4. The Hall–Kier alpha value is -2.48. The zero-order valence-corrected chi connectivity index (χ0v) is 15.3. The number of nitrogens with zero attached hydrogens (tertiary/aromatic N) is 2. The molecule has 0 saturated heterocycles. The lowest BCUT2D eigenvalue weighted by Gasteiger charge is -2.29. The zero-order chi connectivity index (χ0) is 18.8. The van der Waals surface area contributed by atoms with Crippen LogP contribution in [0.15, 0.2) is 71.9 Å². The van der Waals surface area contributed by atoms with E-state index in [1.165, 1.54) is 12.1 Å². The quantitative estimate of drug-likeness (QED) is 0.717. The van der Waals surface area contributed by atoms with Crippen molar-refractivity contribution in [1.29, 1.82) is 0 Å². The third-order valence-corrected chi connectivity index (χ3v) is 5.33. The van der Waals surface area contributed by atoms with Gasteiger partial charge in [-0.3, -0.25) is 0 Å². The van der Waals surface area contributed by atoms with Crippen LogP contribution < -0.4 is 0 Å². The molecule has 3 rings (SSSR count). The second-order valence-electron chi connectivity index (χ2n) is 6.01. The van der Waals surface area contributed by atoms with Crippen LogP contribution in [0.5, 0.6) is 0 Å². The first kappa shape index (κ1) is 18.3. The van der Waals surface area contributed by atoms with E-state index in [1.54, 1.807) is 48.3 Å². The van der Waals surface area contributed by atoms with Crippen molar-refractivity contribution >= 4 is 9.84 Å². The van der Waals surface area contributed by atoms with E-state index in [4.69, 9.17) is 4.74 Å². The first-order valence-corrected chi connectivity index (χ1v) is 9.85. The fourth-order valence-corrected chi connectivity index (χ4v) is 3.55. The Morgan fingerprint density at radius 2 is 1.69 bits per heavy atom. The summed E-state index contributed by atoms with van der Waals surface area (Å²) >= 11 is 0. The third-order valence-electron chi connectivity index (χ3n) is 4.20. The Kier molecular flexibility index (Phi) is 4.95. The van der Waals surface area contributed by atoms with E-state index < -0.39 is 15.4 Å². The summed E-state index contributed by atoms with van der Waals surface area (Å²) in [5, 5.41) is 11.7. The van der Waals surface area contributed by atoms with Gasteiger partial charge in [0, 0.05) is 25.8 Å². The Morgan fingerprint density at radius 3 is 2.27 bits per heavy atom. The highest BCUT2D eigenvalue weighted by Crippen LogP contribution is 2.36. The SMILES string of the molecule is COCn1ccnc1C(O)(c1ccccc1)c1ccc(S(C)(=O)=O)cc1. The Bertz CT molecular complexity index is 982. The van der Waals surface area contributed by atoms with Gasteiger partial charge in [-0.1, -0.05) is 42.5 Å². The van der Waals surface area contributed by atoms with Gasteiger partial charge in [0.05, 0.1) is 4.90 Å². The van der Waals surface area contributed by atoms with Crippen molar-refractivity contribution < 1.29 is 18.3 Å². The molecule has 1 heterocycles. The summed E-state index contributed by atoms with van der Waals surface area (Å²) in [7, 11) is -1.76. The molecule has 1 N–H and O–H groups in total. The summed E-state index contributed by atoms with van der Waals surface area (Å²) < 4.78 is 30.4. The van der Waals surface area contributed by atoms with Gasteiger partial charge >= 0.3 is 0 Å². The van der Waals surface area contributed by atoms with Crippen LogP contribution in [-0.4, -0.2) is 36.4 Å². The third kappa shape index (κ3) is 3.29. The molecule has 2 aromatic carbocycles. The maximum Gasteiger partial charge on any atom is 0.175 e. The number of hydrogen-bond acceptors (Lipinski definition) is 5. The lowest BCUT2D eigenvalue weighted by Crippen LogP contribution is -2.33. The standard InChI is InChI=1S/C19H20N2O4S/c1-25-14-21-13-12-20-18(21)19(22,15-6-4-3-5-7-15)16-8-10-17(11-9-16)26(2,23)24/h3-13,22H,14H2,1-2H3. The van der Waals surface area contributed by atoms with Crippen LogP contribution in [0.3, 0.4) is 0 Å². The number of hydrogen-bond donors (Lipinski definition) is 1. The minimum Gasteiger partial charge on any atom is -0.373 e. The van der Waals surface area contributed by atoms with Crippen LogP contribution in [0.2, 0.25) is 0 Å². The maximum atomic E-state index is 11.7. The molecule has 3 aromatic rings. The van der Waals surface area contributed by atoms with Gasteiger partial charge in [0.1, 0.15) is 6.73 Å². The highest BCUT2D eigenvalue weighted by atomic mass is 32.2. The number of sulfone groups is 1. The van der Waals surface area contributed by atoms with E-state index in [0.717, 1.165) is 6.26 Å². The molecule has 0 saturated carbocycles. The monoisotopic (exact) mass is 372 g/mol. The second kappa shape index (κ2) is 7.03. The normalized spacial score (nSPS) is 14.1. The van der Waals surface area contributed by atoms with Crippen LogP contribution in [0, 0.1) is 0 Å². The summed E-state index contributed by atoms with van der Waals surface area (Å²) in [5.41, 5.74) is -0.422. The van der Waals surface area contributed by atoms with Crippen molar-refractivity contribution in [3.8, 4) is 0 Å². The highest BCUT2D eigenvalue weighted by Gasteiger charge is 2.38. The molecule has 0 amide bonds. The summed E-state index contributed by atoms with van der Waals surface area (Å²) in [6, 6.07) is 15.3. The number of benzene rings is 2. The molecule has 0 aliphatic heterocycles. The van der Waals surface area contributed by atoms with Gasteiger partial charge in [-0.15, -0.1) is 0 Å². The van der Waals surface area contributed by atoms with Gasteiger partial charge in [-0.2, -0.15) is 0 Å². The summed E-state index contributed by atoms with van der Waals surface area (Å²) in [6.45, 7) is 0.228. The van der Waals surface area contributed by atoms with Crippen molar-refractivity contribution in [3.63, 3.8) is 0 Å². The van der Waals surface area contributed by atoms with E-state index in [1.807, 2.05) is 18.2 Å². The lowest BCUT2D eigenvalue weighted by atomic mass is 9.85. The molecule has 1 unspecified atom stereocenters. The van der Waals surface area contributed by atoms with Gasteiger partial charge in [0.15, 0.2) is 21.3 Å². The van der Waals surface area contributed by atoms with Gasteiger partial charge in [0.2, 0.25) is 0 Å². The smallest absolute Gasteiger partial charge is 0.175 e.